The quantitative estimate of drug-likeness (QED) is 0.437. The van der Waals surface area contributed by atoms with Gasteiger partial charge in [0.05, 0.1) is 18.4 Å². The van der Waals surface area contributed by atoms with Crippen molar-refractivity contribution in [3.8, 4) is 5.75 Å². The van der Waals surface area contributed by atoms with E-state index in [4.69, 9.17) is 4.74 Å². The van der Waals surface area contributed by atoms with Crippen LogP contribution < -0.4 is 15.6 Å². The number of fused-ring (bicyclic) bond motifs is 1. The summed E-state index contributed by atoms with van der Waals surface area (Å²) in [4.78, 5) is 29.5. The van der Waals surface area contributed by atoms with Gasteiger partial charge in [-0.05, 0) is 30.0 Å². The van der Waals surface area contributed by atoms with Crippen LogP contribution in [0.2, 0.25) is 0 Å². The van der Waals surface area contributed by atoms with E-state index >= 15 is 0 Å². The van der Waals surface area contributed by atoms with Gasteiger partial charge < -0.3 is 10.1 Å². The number of carbonyl (C=O) groups excluding carboxylic acids is 1. The molecule has 0 radical (unpaired) electrons. The van der Waals surface area contributed by atoms with E-state index in [9.17, 15) is 14.0 Å². The smallest absolute Gasteiger partial charge is 0.272 e. The molecule has 2 aromatic heterocycles. The van der Waals surface area contributed by atoms with Gasteiger partial charge in [-0.3, -0.25) is 14.2 Å². The van der Waals surface area contributed by atoms with Crippen LogP contribution in [0.5, 0.6) is 5.75 Å². The van der Waals surface area contributed by atoms with Crippen molar-refractivity contribution >= 4 is 44.9 Å². The molecule has 0 saturated carbocycles. The molecule has 3 aromatic rings. The number of hydrogen-bond acceptors (Lipinski definition) is 6. The number of anilines is 1. The average Bonchev–Trinajstić information content (AvgIpc) is 3.15. The molecule has 148 valence electrons. The summed E-state index contributed by atoms with van der Waals surface area (Å²) < 4.78 is 20.9. The number of aromatic nitrogens is 2. The summed E-state index contributed by atoms with van der Waals surface area (Å²) in [6.45, 7) is 2.61. The number of nitrogens with zero attached hydrogens (tertiary/aromatic N) is 2. The predicted molar refractivity (Wildman–Crippen MR) is 111 cm³/mol. The van der Waals surface area contributed by atoms with Crippen LogP contribution in [-0.4, -0.2) is 28.3 Å². The Balaban J connectivity index is 1.74. The lowest BCUT2D eigenvalue weighted by molar-refractivity contribution is -0.113. The molecule has 1 amide bonds. The number of nitrogens with one attached hydrogen (secondary N) is 1. The van der Waals surface area contributed by atoms with Crippen molar-refractivity contribution in [2.24, 2.45) is 0 Å². The van der Waals surface area contributed by atoms with Crippen molar-refractivity contribution in [3.63, 3.8) is 0 Å². The number of thiophene rings is 1. The molecule has 0 spiro atoms. The highest BCUT2D eigenvalue weighted by Crippen LogP contribution is 2.23. The molecular formula is C19H20FN3O3S2. The monoisotopic (exact) mass is 421 g/mol. The number of unbranched alkanes of at least 4 members (excludes halogenated alkanes) is 1. The van der Waals surface area contributed by atoms with Crippen LogP contribution in [0.15, 0.2) is 39.6 Å². The fourth-order valence-electron chi connectivity index (χ4n) is 2.62. The fourth-order valence-corrected chi connectivity index (χ4v) is 4.22. The molecule has 1 aromatic carbocycles. The fraction of sp³-hybridized carbons (Fsp3) is 0.316. The van der Waals surface area contributed by atoms with Gasteiger partial charge in [0.1, 0.15) is 4.70 Å². The number of halogens is 1. The maximum Gasteiger partial charge on any atom is 0.272 e. The maximum atomic E-state index is 13.8. The van der Waals surface area contributed by atoms with Gasteiger partial charge in [-0.15, -0.1) is 11.3 Å². The number of methoxy groups -OCH3 is 1. The van der Waals surface area contributed by atoms with Crippen molar-refractivity contribution in [1.29, 1.82) is 0 Å². The topological polar surface area (TPSA) is 73.2 Å². The maximum absolute atomic E-state index is 13.8. The standard InChI is InChI=1S/C19H20FN3O3S2/c1-3-4-8-23-18(25)17-14(7-9-27-17)22-19(23)28-11-16(24)21-12-5-6-15(26-2)13(20)10-12/h5-7,9-10H,3-4,8,11H2,1-2H3,(H,21,24). The number of rotatable bonds is 8. The summed E-state index contributed by atoms with van der Waals surface area (Å²) in [6.07, 6.45) is 1.80. The molecule has 9 heteroatoms. The number of thioether (sulfide) groups is 1. The van der Waals surface area contributed by atoms with E-state index in [1.165, 1.54) is 42.3 Å². The van der Waals surface area contributed by atoms with Gasteiger partial charge in [0.2, 0.25) is 5.91 Å². The Morgan fingerprint density at radius 1 is 1.39 bits per heavy atom. The second-order valence-corrected chi connectivity index (χ2v) is 7.88. The summed E-state index contributed by atoms with van der Waals surface area (Å²) in [5.74, 6) is -0.690. The molecule has 28 heavy (non-hydrogen) atoms. The van der Waals surface area contributed by atoms with Crippen LogP contribution in [0.4, 0.5) is 10.1 Å². The van der Waals surface area contributed by atoms with E-state index in [2.05, 4.69) is 17.2 Å². The Kier molecular flexibility index (Phi) is 6.69. The van der Waals surface area contributed by atoms with E-state index < -0.39 is 5.82 Å². The zero-order valence-corrected chi connectivity index (χ0v) is 17.2. The van der Waals surface area contributed by atoms with Gasteiger partial charge in [-0.25, -0.2) is 9.37 Å². The van der Waals surface area contributed by atoms with Crippen molar-refractivity contribution in [2.75, 3.05) is 18.2 Å². The number of amides is 1. The lowest BCUT2D eigenvalue weighted by atomic mass is 10.3. The molecule has 6 nitrogen and oxygen atoms in total. The Bertz CT molecular complexity index is 1050. The number of ether oxygens (including phenoxy) is 1. The van der Waals surface area contributed by atoms with Crippen molar-refractivity contribution in [1.82, 2.24) is 9.55 Å². The SMILES string of the molecule is CCCCn1c(SCC(=O)Nc2ccc(OC)c(F)c2)nc2ccsc2c1=O. The van der Waals surface area contributed by atoms with Crippen LogP contribution >= 0.6 is 23.1 Å². The normalized spacial score (nSPS) is 11.0. The summed E-state index contributed by atoms with van der Waals surface area (Å²) in [6, 6.07) is 6.02. The lowest BCUT2D eigenvalue weighted by Crippen LogP contribution is -2.23. The Morgan fingerprint density at radius 3 is 2.93 bits per heavy atom. The van der Waals surface area contributed by atoms with E-state index in [1.807, 2.05) is 5.38 Å². The molecule has 0 aliphatic carbocycles. The van der Waals surface area contributed by atoms with Gasteiger partial charge in [-0.2, -0.15) is 0 Å². The third-order valence-corrected chi connectivity index (χ3v) is 5.90. The highest BCUT2D eigenvalue weighted by atomic mass is 32.2. The molecule has 0 aliphatic rings. The lowest BCUT2D eigenvalue weighted by Gasteiger charge is -2.12. The largest absolute Gasteiger partial charge is 0.494 e. The summed E-state index contributed by atoms with van der Waals surface area (Å²) in [7, 11) is 1.38. The molecule has 1 N–H and O–H groups in total. The predicted octanol–water partition coefficient (Wildman–Crippen LogP) is 4.14. The molecule has 0 fully saturated rings. The zero-order chi connectivity index (χ0) is 20.1. The van der Waals surface area contributed by atoms with E-state index in [0.29, 0.717) is 27.6 Å². The first kappa shape index (κ1) is 20.3. The first-order valence-corrected chi connectivity index (χ1v) is 10.6. The molecule has 3 rings (SSSR count). The van der Waals surface area contributed by atoms with Gasteiger partial charge >= 0.3 is 0 Å². The van der Waals surface area contributed by atoms with Crippen molar-refractivity contribution < 1.29 is 13.9 Å². The van der Waals surface area contributed by atoms with E-state index in [1.54, 1.807) is 16.7 Å². The van der Waals surface area contributed by atoms with Crippen LogP contribution in [0.1, 0.15) is 19.8 Å². The highest BCUT2D eigenvalue weighted by Gasteiger charge is 2.14. The minimum Gasteiger partial charge on any atom is -0.494 e. The second-order valence-electron chi connectivity index (χ2n) is 6.03. The molecular weight excluding hydrogens is 401 g/mol. The molecule has 0 aliphatic heterocycles. The first-order valence-electron chi connectivity index (χ1n) is 8.77. The molecule has 0 bridgehead atoms. The number of hydrogen-bond donors (Lipinski definition) is 1. The zero-order valence-electron chi connectivity index (χ0n) is 15.5. The second kappa shape index (κ2) is 9.20. The van der Waals surface area contributed by atoms with E-state index in [0.717, 1.165) is 12.8 Å². The van der Waals surface area contributed by atoms with Crippen LogP contribution in [0.25, 0.3) is 10.2 Å². The summed E-state index contributed by atoms with van der Waals surface area (Å²) in [5, 5.41) is 5.00. The Morgan fingerprint density at radius 2 is 2.21 bits per heavy atom. The minimum atomic E-state index is -0.550. The Hall–Kier alpha value is -2.39. The Labute approximate surface area is 169 Å². The highest BCUT2D eigenvalue weighted by molar-refractivity contribution is 7.99. The third kappa shape index (κ3) is 4.53. The summed E-state index contributed by atoms with van der Waals surface area (Å²) in [5.41, 5.74) is 0.907. The van der Waals surface area contributed by atoms with Crippen LogP contribution in [0.3, 0.4) is 0 Å². The number of carbonyl (C=O) groups is 1. The minimum absolute atomic E-state index is 0.0574. The molecule has 0 unspecified atom stereocenters. The molecule has 0 atom stereocenters. The number of benzene rings is 1. The molecule has 2 heterocycles. The van der Waals surface area contributed by atoms with Gasteiger partial charge in [0.25, 0.3) is 5.56 Å². The van der Waals surface area contributed by atoms with Gasteiger partial charge in [-0.1, -0.05) is 25.1 Å². The van der Waals surface area contributed by atoms with Crippen LogP contribution in [-0.2, 0) is 11.3 Å². The van der Waals surface area contributed by atoms with Crippen LogP contribution in [0, 0.1) is 5.82 Å². The molecule has 0 saturated heterocycles. The average molecular weight is 422 g/mol. The van der Waals surface area contributed by atoms with E-state index in [-0.39, 0.29) is 23.0 Å². The van der Waals surface area contributed by atoms with Crippen molar-refractivity contribution in [2.45, 2.75) is 31.5 Å². The third-order valence-electron chi connectivity index (χ3n) is 4.03. The van der Waals surface area contributed by atoms with Gasteiger partial charge in [0, 0.05) is 18.3 Å². The first-order chi connectivity index (χ1) is 13.5. The summed E-state index contributed by atoms with van der Waals surface area (Å²) >= 11 is 2.57. The van der Waals surface area contributed by atoms with Gasteiger partial charge in [0.15, 0.2) is 16.7 Å². The van der Waals surface area contributed by atoms with Crippen molar-refractivity contribution in [3.05, 3.63) is 45.8 Å².